The molecule has 1 aliphatic carbocycles. The van der Waals surface area contributed by atoms with Gasteiger partial charge in [-0.1, -0.05) is 25.7 Å². The molecule has 0 bridgehead atoms. The number of quaternary nitrogens is 1. The van der Waals surface area contributed by atoms with E-state index in [1.54, 1.807) is 0 Å². The Hall–Kier alpha value is -0.0400. The van der Waals surface area contributed by atoms with E-state index in [1.807, 2.05) is 0 Å². The van der Waals surface area contributed by atoms with Crippen molar-refractivity contribution in [2.24, 2.45) is 0 Å². The summed E-state index contributed by atoms with van der Waals surface area (Å²) >= 11 is 0. The van der Waals surface area contributed by atoms with Gasteiger partial charge in [0.15, 0.2) is 0 Å². The van der Waals surface area contributed by atoms with Crippen LogP contribution in [0.1, 0.15) is 51.4 Å². The smallest absolute Gasteiger partial charge is 0.0884 e. The third kappa shape index (κ3) is 4.12. The summed E-state index contributed by atoms with van der Waals surface area (Å²) < 4.78 is 1.17. The molecule has 1 heteroatoms. The molecule has 1 rings (SSSR count). The van der Waals surface area contributed by atoms with E-state index < -0.39 is 0 Å². The van der Waals surface area contributed by atoms with Crippen LogP contribution in [0.15, 0.2) is 0 Å². The second kappa shape index (κ2) is 4.99. The second-order valence-electron chi connectivity index (χ2n) is 5.47. The third-order valence-electron chi connectivity index (χ3n) is 3.42. The molecule has 0 saturated heterocycles. The normalized spacial score (nSPS) is 23.3. The summed E-state index contributed by atoms with van der Waals surface area (Å²) in [5.41, 5.74) is 0. The van der Waals surface area contributed by atoms with Crippen molar-refractivity contribution in [1.82, 2.24) is 0 Å². The number of hydrogen-bond donors (Lipinski definition) is 0. The summed E-state index contributed by atoms with van der Waals surface area (Å²) in [6.07, 6.45) is 11.7. The van der Waals surface area contributed by atoms with Crippen molar-refractivity contribution in [1.29, 1.82) is 0 Å². The highest BCUT2D eigenvalue weighted by Crippen LogP contribution is 2.22. The van der Waals surface area contributed by atoms with Gasteiger partial charge in [0.2, 0.25) is 0 Å². The maximum atomic E-state index is 2.35. The SMILES string of the molecule is C[N+](C)(C)C1CCCCCCCC1. The molecule has 0 spiro atoms. The van der Waals surface area contributed by atoms with Gasteiger partial charge < -0.3 is 4.48 Å². The van der Waals surface area contributed by atoms with E-state index >= 15 is 0 Å². The lowest BCUT2D eigenvalue weighted by Crippen LogP contribution is -2.44. The molecule has 78 valence electrons. The molecule has 1 aliphatic rings. The van der Waals surface area contributed by atoms with Crippen LogP contribution in [0.5, 0.6) is 0 Å². The van der Waals surface area contributed by atoms with Crippen molar-refractivity contribution < 1.29 is 4.48 Å². The maximum Gasteiger partial charge on any atom is 0.0884 e. The number of hydrogen-bond acceptors (Lipinski definition) is 0. The van der Waals surface area contributed by atoms with E-state index in [9.17, 15) is 0 Å². The lowest BCUT2D eigenvalue weighted by atomic mass is 10.0. The van der Waals surface area contributed by atoms with Crippen LogP contribution < -0.4 is 0 Å². The van der Waals surface area contributed by atoms with Gasteiger partial charge in [0.25, 0.3) is 0 Å². The molecule has 13 heavy (non-hydrogen) atoms. The average molecular weight is 184 g/mol. The van der Waals surface area contributed by atoms with Crippen molar-refractivity contribution in [3.63, 3.8) is 0 Å². The maximum absolute atomic E-state index is 2.35. The molecule has 0 aliphatic heterocycles. The molecule has 0 aromatic carbocycles. The van der Waals surface area contributed by atoms with Crippen LogP contribution in [0.3, 0.4) is 0 Å². The van der Waals surface area contributed by atoms with Crippen molar-refractivity contribution in [2.75, 3.05) is 21.1 Å². The molecule has 1 saturated carbocycles. The molecule has 0 aromatic rings. The Morgan fingerprint density at radius 2 is 1.08 bits per heavy atom. The van der Waals surface area contributed by atoms with Crippen LogP contribution in [0, 0.1) is 0 Å². The van der Waals surface area contributed by atoms with Crippen LogP contribution in [0.2, 0.25) is 0 Å². The zero-order valence-corrected chi connectivity index (χ0v) is 9.68. The molecule has 0 unspecified atom stereocenters. The molecule has 0 radical (unpaired) electrons. The van der Waals surface area contributed by atoms with Crippen molar-refractivity contribution in [3.05, 3.63) is 0 Å². The summed E-state index contributed by atoms with van der Waals surface area (Å²) in [5.74, 6) is 0. The first kappa shape index (κ1) is 11.0. The molecule has 0 atom stereocenters. The van der Waals surface area contributed by atoms with E-state index in [2.05, 4.69) is 21.1 Å². The minimum absolute atomic E-state index is 0.915. The minimum atomic E-state index is 0.915. The Morgan fingerprint density at radius 1 is 0.692 bits per heavy atom. The Balaban J connectivity index is 2.41. The monoisotopic (exact) mass is 184 g/mol. The van der Waals surface area contributed by atoms with Gasteiger partial charge in [-0.05, 0) is 25.7 Å². The summed E-state index contributed by atoms with van der Waals surface area (Å²) in [7, 11) is 7.05. The van der Waals surface area contributed by atoms with Crippen LogP contribution >= 0.6 is 0 Å². The minimum Gasteiger partial charge on any atom is -0.328 e. The van der Waals surface area contributed by atoms with Crippen LogP contribution in [0.4, 0.5) is 0 Å². The zero-order chi connectivity index (χ0) is 9.73. The Bertz CT molecular complexity index is 125. The average Bonchev–Trinajstić information content (AvgIpc) is 2.14. The van der Waals surface area contributed by atoms with Crippen molar-refractivity contribution in [3.8, 4) is 0 Å². The zero-order valence-electron chi connectivity index (χ0n) is 9.68. The van der Waals surface area contributed by atoms with Gasteiger partial charge in [-0.15, -0.1) is 0 Å². The molecule has 0 N–H and O–H groups in total. The van der Waals surface area contributed by atoms with Crippen LogP contribution in [0.25, 0.3) is 0 Å². The summed E-state index contributed by atoms with van der Waals surface area (Å²) in [6.45, 7) is 0. The summed E-state index contributed by atoms with van der Waals surface area (Å²) in [4.78, 5) is 0. The first-order valence-corrected chi connectivity index (χ1v) is 5.92. The lowest BCUT2D eigenvalue weighted by molar-refractivity contribution is -0.896. The van der Waals surface area contributed by atoms with Crippen molar-refractivity contribution in [2.45, 2.75) is 57.4 Å². The summed E-state index contributed by atoms with van der Waals surface area (Å²) in [5, 5.41) is 0. The molecule has 0 aromatic heterocycles. The Labute approximate surface area is 83.7 Å². The largest absolute Gasteiger partial charge is 0.328 e. The van der Waals surface area contributed by atoms with E-state index in [1.165, 1.54) is 55.8 Å². The topological polar surface area (TPSA) is 0 Å². The van der Waals surface area contributed by atoms with E-state index in [4.69, 9.17) is 0 Å². The third-order valence-corrected chi connectivity index (χ3v) is 3.42. The Kier molecular flexibility index (Phi) is 4.24. The standard InChI is InChI=1S/C12H26N/c1-13(2,3)12-10-8-6-4-5-7-9-11-12/h12H,4-11H2,1-3H3/q+1. The van der Waals surface area contributed by atoms with E-state index in [0.29, 0.717) is 0 Å². The molecular weight excluding hydrogens is 158 g/mol. The van der Waals surface area contributed by atoms with Gasteiger partial charge >= 0.3 is 0 Å². The fourth-order valence-electron chi connectivity index (χ4n) is 2.39. The molecule has 1 fully saturated rings. The number of rotatable bonds is 1. The van der Waals surface area contributed by atoms with E-state index in [0.717, 1.165) is 6.04 Å². The fourth-order valence-corrected chi connectivity index (χ4v) is 2.39. The van der Waals surface area contributed by atoms with E-state index in [-0.39, 0.29) is 0 Å². The fraction of sp³-hybridized carbons (Fsp3) is 1.00. The van der Waals surface area contributed by atoms with Gasteiger partial charge in [-0.3, -0.25) is 0 Å². The predicted octanol–water partition coefficient (Wildman–Crippen LogP) is 3.20. The number of nitrogens with zero attached hydrogens (tertiary/aromatic N) is 1. The van der Waals surface area contributed by atoms with Gasteiger partial charge in [-0.2, -0.15) is 0 Å². The highest BCUT2D eigenvalue weighted by atomic mass is 15.3. The van der Waals surface area contributed by atoms with Gasteiger partial charge in [-0.25, -0.2) is 0 Å². The summed E-state index contributed by atoms with van der Waals surface area (Å²) in [6, 6.07) is 0.915. The van der Waals surface area contributed by atoms with Crippen LogP contribution in [-0.2, 0) is 0 Å². The highest BCUT2D eigenvalue weighted by Gasteiger charge is 2.22. The Morgan fingerprint density at radius 3 is 1.46 bits per heavy atom. The molecular formula is C12H26N+. The highest BCUT2D eigenvalue weighted by molar-refractivity contribution is 4.62. The van der Waals surface area contributed by atoms with Gasteiger partial charge in [0.05, 0.1) is 27.2 Å². The first-order valence-electron chi connectivity index (χ1n) is 5.92. The molecule has 0 amide bonds. The van der Waals surface area contributed by atoms with Crippen molar-refractivity contribution >= 4 is 0 Å². The van der Waals surface area contributed by atoms with Crippen LogP contribution in [-0.4, -0.2) is 31.7 Å². The second-order valence-corrected chi connectivity index (χ2v) is 5.47. The quantitative estimate of drug-likeness (QED) is 0.549. The lowest BCUT2D eigenvalue weighted by Gasteiger charge is -2.34. The first-order chi connectivity index (χ1) is 6.11. The van der Waals surface area contributed by atoms with Gasteiger partial charge in [0.1, 0.15) is 0 Å². The van der Waals surface area contributed by atoms with Gasteiger partial charge in [0, 0.05) is 0 Å². The molecule has 0 heterocycles. The predicted molar refractivity (Wildman–Crippen MR) is 58.8 cm³/mol. The molecule has 1 nitrogen and oxygen atoms in total.